The molecule has 0 aliphatic carbocycles. The number of phenols is 1. The lowest BCUT2D eigenvalue weighted by Crippen LogP contribution is -1.98. The quantitative estimate of drug-likeness (QED) is 0.757. The Morgan fingerprint density at radius 2 is 1.96 bits per heavy atom. The first-order valence-electron chi connectivity index (χ1n) is 7.29. The lowest BCUT2D eigenvalue weighted by atomic mass is 10.1. The summed E-state index contributed by atoms with van der Waals surface area (Å²) in [4.78, 5) is 8.68. The number of halogens is 1. The van der Waals surface area contributed by atoms with Crippen molar-refractivity contribution >= 4 is 11.5 Å². The van der Waals surface area contributed by atoms with E-state index in [9.17, 15) is 9.50 Å². The predicted molar refractivity (Wildman–Crippen MR) is 90.1 cm³/mol. The van der Waals surface area contributed by atoms with Gasteiger partial charge in [-0.05, 0) is 48.9 Å². The number of hydrogen-bond donors (Lipinski definition) is 2. The molecule has 2 aromatic carbocycles. The topological polar surface area (TPSA) is 67.3 Å². The van der Waals surface area contributed by atoms with Crippen LogP contribution in [0.15, 0.2) is 48.8 Å². The van der Waals surface area contributed by atoms with E-state index in [2.05, 4.69) is 15.3 Å². The largest absolute Gasteiger partial charge is 0.504 e. The Bertz CT molecular complexity index is 884. The standard InChI is InChI=1S/C18H16FN3O2/c1-11-7-13(19)4-5-14(11)21-18-10-20-9-15(22-18)12-3-6-16(23)17(8-12)24-2/h3-10,23H,1-2H3,(H,21,22). The zero-order valence-electron chi connectivity index (χ0n) is 13.2. The summed E-state index contributed by atoms with van der Waals surface area (Å²) in [5.41, 5.74) is 2.91. The number of nitrogens with one attached hydrogen (secondary N) is 1. The van der Waals surface area contributed by atoms with Crippen LogP contribution in [0.4, 0.5) is 15.9 Å². The Labute approximate surface area is 138 Å². The molecule has 1 aromatic heterocycles. The third-order valence-electron chi connectivity index (χ3n) is 3.56. The number of anilines is 2. The van der Waals surface area contributed by atoms with Gasteiger partial charge in [-0.1, -0.05) is 0 Å². The van der Waals surface area contributed by atoms with Gasteiger partial charge in [-0.3, -0.25) is 4.98 Å². The van der Waals surface area contributed by atoms with Crippen molar-refractivity contribution in [3.8, 4) is 22.8 Å². The van der Waals surface area contributed by atoms with E-state index < -0.39 is 0 Å². The van der Waals surface area contributed by atoms with Gasteiger partial charge in [-0.2, -0.15) is 0 Å². The number of aromatic nitrogens is 2. The average Bonchev–Trinajstić information content (AvgIpc) is 2.58. The highest BCUT2D eigenvalue weighted by molar-refractivity contribution is 5.66. The fourth-order valence-electron chi connectivity index (χ4n) is 2.31. The SMILES string of the molecule is COc1cc(-c2cncc(Nc3ccc(F)cc3C)n2)ccc1O. The first kappa shape index (κ1) is 15.7. The number of methoxy groups -OCH3 is 1. The maximum absolute atomic E-state index is 13.2. The summed E-state index contributed by atoms with van der Waals surface area (Å²) < 4.78 is 18.3. The molecule has 24 heavy (non-hydrogen) atoms. The second-order valence-electron chi connectivity index (χ2n) is 5.26. The summed E-state index contributed by atoms with van der Waals surface area (Å²) in [6.45, 7) is 1.81. The third-order valence-corrected chi connectivity index (χ3v) is 3.56. The van der Waals surface area contributed by atoms with Crippen molar-refractivity contribution in [2.45, 2.75) is 6.92 Å². The Kier molecular flexibility index (Phi) is 4.29. The van der Waals surface area contributed by atoms with E-state index in [1.807, 2.05) is 6.92 Å². The monoisotopic (exact) mass is 325 g/mol. The second-order valence-corrected chi connectivity index (χ2v) is 5.26. The molecule has 0 bridgehead atoms. The van der Waals surface area contributed by atoms with Crippen molar-refractivity contribution < 1.29 is 14.2 Å². The molecule has 122 valence electrons. The maximum Gasteiger partial charge on any atom is 0.161 e. The smallest absolute Gasteiger partial charge is 0.161 e. The van der Waals surface area contributed by atoms with Crippen molar-refractivity contribution in [3.63, 3.8) is 0 Å². The van der Waals surface area contributed by atoms with Gasteiger partial charge in [0.25, 0.3) is 0 Å². The molecule has 3 rings (SSSR count). The zero-order valence-corrected chi connectivity index (χ0v) is 13.2. The second kappa shape index (κ2) is 6.54. The molecule has 0 aliphatic heterocycles. The van der Waals surface area contributed by atoms with Crippen LogP contribution in [0, 0.1) is 12.7 Å². The van der Waals surface area contributed by atoms with Crippen LogP contribution in [-0.2, 0) is 0 Å². The number of aromatic hydroxyl groups is 1. The van der Waals surface area contributed by atoms with E-state index in [0.29, 0.717) is 17.3 Å². The molecule has 0 saturated heterocycles. The zero-order chi connectivity index (χ0) is 17.1. The van der Waals surface area contributed by atoms with Gasteiger partial charge in [0.2, 0.25) is 0 Å². The van der Waals surface area contributed by atoms with Crippen LogP contribution < -0.4 is 10.1 Å². The van der Waals surface area contributed by atoms with E-state index in [4.69, 9.17) is 4.74 Å². The van der Waals surface area contributed by atoms with Gasteiger partial charge in [-0.25, -0.2) is 9.37 Å². The van der Waals surface area contributed by atoms with Gasteiger partial charge >= 0.3 is 0 Å². The first-order valence-corrected chi connectivity index (χ1v) is 7.29. The molecule has 0 aliphatic rings. The molecule has 0 radical (unpaired) electrons. The summed E-state index contributed by atoms with van der Waals surface area (Å²) in [5, 5.41) is 12.8. The first-order chi connectivity index (χ1) is 11.6. The van der Waals surface area contributed by atoms with Gasteiger partial charge in [-0.15, -0.1) is 0 Å². The van der Waals surface area contributed by atoms with Crippen LogP contribution in [0.5, 0.6) is 11.5 Å². The molecule has 2 N–H and O–H groups in total. The number of benzene rings is 2. The molecule has 0 saturated carbocycles. The fourth-order valence-corrected chi connectivity index (χ4v) is 2.31. The van der Waals surface area contributed by atoms with Crippen molar-refractivity contribution in [2.24, 2.45) is 0 Å². The van der Waals surface area contributed by atoms with Crippen molar-refractivity contribution in [2.75, 3.05) is 12.4 Å². The number of ether oxygens (including phenoxy) is 1. The van der Waals surface area contributed by atoms with Crippen LogP contribution in [-0.4, -0.2) is 22.2 Å². The van der Waals surface area contributed by atoms with Crippen molar-refractivity contribution in [1.82, 2.24) is 9.97 Å². The van der Waals surface area contributed by atoms with Gasteiger partial charge in [0.1, 0.15) is 11.6 Å². The van der Waals surface area contributed by atoms with Crippen LogP contribution >= 0.6 is 0 Å². The summed E-state index contributed by atoms with van der Waals surface area (Å²) >= 11 is 0. The lowest BCUT2D eigenvalue weighted by molar-refractivity contribution is 0.373. The molecule has 1 heterocycles. The molecule has 0 unspecified atom stereocenters. The van der Waals surface area contributed by atoms with Gasteiger partial charge in [0, 0.05) is 11.3 Å². The Morgan fingerprint density at radius 3 is 2.71 bits per heavy atom. The van der Waals surface area contributed by atoms with Gasteiger partial charge < -0.3 is 15.2 Å². The summed E-state index contributed by atoms with van der Waals surface area (Å²) in [6, 6.07) is 9.45. The van der Waals surface area contributed by atoms with E-state index in [0.717, 1.165) is 16.8 Å². The average molecular weight is 325 g/mol. The van der Waals surface area contributed by atoms with Crippen LogP contribution in [0.1, 0.15) is 5.56 Å². The predicted octanol–water partition coefficient (Wildman–Crippen LogP) is 4.05. The molecule has 0 spiro atoms. The number of phenolic OH excluding ortho intramolecular Hbond substituents is 1. The van der Waals surface area contributed by atoms with Gasteiger partial charge in [0.15, 0.2) is 11.5 Å². The Morgan fingerprint density at radius 1 is 1.12 bits per heavy atom. The number of rotatable bonds is 4. The molecule has 0 atom stereocenters. The molecule has 6 heteroatoms. The van der Waals surface area contributed by atoms with E-state index in [-0.39, 0.29) is 11.6 Å². The Balaban J connectivity index is 1.92. The summed E-state index contributed by atoms with van der Waals surface area (Å²) in [7, 11) is 1.49. The van der Waals surface area contributed by atoms with Crippen molar-refractivity contribution in [3.05, 3.63) is 60.2 Å². The molecule has 0 amide bonds. The van der Waals surface area contributed by atoms with E-state index in [1.54, 1.807) is 36.7 Å². The minimum Gasteiger partial charge on any atom is -0.504 e. The summed E-state index contributed by atoms with van der Waals surface area (Å²) in [6.07, 6.45) is 3.21. The number of aryl methyl sites for hydroxylation is 1. The van der Waals surface area contributed by atoms with E-state index in [1.165, 1.54) is 19.2 Å². The number of nitrogens with zero attached hydrogens (tertiary/aromatic N) is 2. The minimum absolute atomic E-state index is 0.0606. The lowest BCUT2D eigenvalue weighted by Gasteiger charge is -2.10. The van der Waals surface area contributed by atoms with E-state index >= 15 is 0 Å². The molecule has 3 aromatic rings. The third kappa shape index (κ3) is 3.27. The minimum atomic E-state index is -0.283. The highest BCUT2D eigenvalue weighted by atomic mass is 19.1. The maximum atomic E-state index is 13.2. The molecule has 5 nitrogen and oxygen atoms in total. The number of hydrogen-bond acceptors (Lipinski definition) is 5. The summed E-state index contributed by atoms with van der Waals surface area (Å²) in [5.74, 6) is 0.677. The van der Waals surface area contributed by atoms with Crippen LogP contribution in [0.25, 0.3) is 11.3 Å². The highest BCUT2D eigenvalue weighted by Gasteiger charge is 2.08. The van der Waals surface area contributed by atoms with Crippen LogP contribution in [0.3, 0.4) is 0 Å². The normalized spacial score (nSPS) is 10.5. The van der Waals surface area contributed by atoms with Gasteiger partial charge in [0.05, 0.1) is 25.2 Å². The molecular formula is C18H16FN3O2. The fraction of sp³-hybridized carbons (Fsp3) is 0.111. The Hall–Kier alpha value is -3.15. The van der Waals surface area contributed by atoms with Crippen LogP contribution in [0.2, 0.25) is 0 Å². The molecular weight excluding hydrogens is 309 g/mol. The highest BCUT2D eigenvalue weighted by Crippen LogP contribution is 2.31. The molecule has 0 fully saturated rings. The van der Waals surface area contributed by atoms with Crippen molar-refractivity contribution in [1.29, 1.82) is 0 Å².